The smallest absolute Gasteiger partial charge is 0.417 e. The number of fused-ring (bicyclic) bond motifs is 1. The molecule has 0 saturated carbocycles. The summed E-state index contributed by atoms with van der Waals surface area (Å²) >= 11 is 2.87. The fourth-order valence-electron chi connectivity index (χ4n) is 3.99. The first-order valence-corrected chi connectivity index (χ1v) is 13.7. The molecule has 1 aromatic heterocycles. The van der Waals surface area contributed by atoms with Gasteiger partial charge in [0.05, 0.1) is 22.6 Å². The lowest BCUT2D eigenvalue weighted by atomic mass is 10.0. The monoisotopic (exact) mass is 612 g/mol. The number of halogens is 5. The number of alkyl halides is 3. The Kier molecular flexibility index (Phi) is 7.84. The molecule has 1 amide bonds. The normalized spacial score (nSPS) is 12.1. The number of furan rings is 1. The van der Waals surface area contributed by atoms with Gasteiger partial charge in [-0.1, -0.05) is 40.2 Å². The molecule has 0 spiro atoms. The first kappa shape index (κ1) is 27.6. The van der Waals surface area contributed by atoms with Crippen LogP contribution in [0.5, 0.6) is 0 Å². The number of hydrogen-bond acceptors (Lipinski definition) is 4. The second kappa shape index (κ2) is 10.8. The largest absolute Gasteiger partial charge is 0.463 e. The Hall–Kier alpha value is -3.38. The van der Waals surface area contributed by atoms with Gasteiger partial charge in [0, 0.05) is 22.5 Å². The summed E-state index contributed by atoms with van der Waals surface area (Å²) in [5.74, 6) is -1.59. The average Bonchev–Trinajstić information content (AvgIpc) is 3.28. The van der Waals surface area contributed by atoms with E-state index in [0.717, 1.165) is 12.1 Å². The molecule has 2 N–H and O–H groups in total. The van der Waals surface area contributed by atoms with Crippen molar-refractivity contribution in [3.63, 3.8) is 0 Å². The van der Waals surface area contributed by atoms with Crippen LogP contribution in [-0.4, -0.2) is 27.1 Å². The van der Waals surface area contributed by atoms with Gasteiger partial charge in [-0.3, -0.25) is 9.52 Å². The van der Waals surface area contributed by atoms with E-state index < -0.39 is 33.3 Å². The van der Waals surface area contributed by atoms with Crippen molar-refractivity contribution >= 4 is 48.5 Å². The highest BCUT2D eigenvalue weighted by molar-refractivity contribution is 9.10. The van der Waals surface area contributed by atoms with Gasteiger partial charge in [0.2, 0.25) is 10.0 Å². The highest BCUT2D eigenvalue weighted by Crippen LogP contribution is 2.36. The maximum atomic E-state index is 14.8. The summed E-state index contributed by atoms with van der Waals surface area (Å²) in [5, 5.41) is 3.05. The molecule has 12 heteroatoms. The van der Waals surface area contributed by atoms with Gasteiger partial charge in [-0.25, -0.2) is 12.8 Å². The van der Waals surface area contributed by atoms with Gasteiger partial charge in [0.1, 0.15) is 17.7 Å². The summed E-state index contributed by atoms with van der Waals surface area (Å²) in [4.78, 5) is 12.0. The van der Waals surface area contributed by atoms with Crippen molar-refractivity contribution in [3.05, 3.63) is 87.8 Å². The number of rotatable bonds is 8. The van der Waals surface area contributed by atoms with Crippen LogP contribution in [0.25, 0.3) is 22.1 Å². The van der Waals surface area contributed by atoms with Crippen molar-refractivity contribution in [1.82, 2.24) is 5.32 Å². The van der Waals surface area contributed by atoms with Crippen molar-refractivity contribution in [2.24, 2.45) is 0 Å². The van der Waals surface area contributed by atoms with Gasteiger partial charge in [-0.15, -0.1) is 0 Å². The Morgan fingerprint density at radius 2 is 1.84 bits per heavy atom. The molecule has 3 aromatic carbocycles. The third kappa shape index (κ3) is 6.02. The van der Waals surface area contributed by atoms with Gasteiger partial charge in [0.15, 0.2) is 0 Å². The van der Waals surface area contributed by atoms with E-state index in [9.17, 15) is 30.8 Å². The van der Waals surface area contributed by atoms with Gasteiger partial charge in [0.25, 0.3) is 5.91 Å². The van der Waals surface area contributed by atoms with E-state index in [2.05, 4.69) is 26.0 Å². The molecule has 0 aliphatic carbocycles. The van der Waals surface area contributed by atoms with Crippen LogP contribution in [0.3, 0.4) is 0 Å². The van der Waals surface area contributed by atoms with Crippen LogP contribution in [0.1, 0.15) is 27.9 Å². The lowest BCUT2D eigenvalue weighted by Crippen LogP contribution is -2.18. The van der Waals surface area contributed by atoms with Crippen LogP contribution >= 0.6 is 15.9 Å². The zero-order valence-corrected chi connectivity index (χ0v) is 22.2. The fraction of sp³-hybridized carbons (Fsp3) is 0.192. The highest BCUT2D eigenvalue weighted by atomic mass is 79.9. The second-order valence-electron chi connectivity index (χ2n) is 8.44. The quantitative estimate of drug-likeness (QED) is 0.215. The van der Waals surface area contributed by atoms with E-state index in [1.807, 2.05) is 0 Å². The number of anilines is 1. The summed E-state index contributed by atoms with van der Waals surface area (Å²) in [6.07, 6.45) is -3.17. The molecule has 6 nitrogen and oxygen atoms in total. The standard InChI is InChI=1S/C26H21BrF4N2O4S/c1-32-25(34)19-14-37-23-13-16(8-9-18(19)23)17-5-2-6-22(28)24(17)33-38(35,36)11-3-4-15-7-10-21(27)20(12-15)26(29,30)31/h2,5-10,12-14,33H,3-4,11H2,1H3,(H,32,34). The van der Waals surface area contributed by atoms with Crippen LogP contribution < -0.4 is 10.0 Å². The molecule has 4 rings (SSSR count). The van der Waals surface area contributed by atoms with E-state index in [-0.39, 0.29) is 34.5 Å². The average molecular weight is 613 g/mol. The number of carbonyl (C=O) groups excluding carboxylic acids is 1. The molecule has 200 valence electrons. The van der Waals surface area contributed by atoms with Crippen LogP contribution in [-0.2, 0) is 22.6 Å². The number of para-hydroxylation sites is 1. The van der Waals surface area contributed by atoms with Crippen molar-refractivity contribution in [1.29, 1.82) is 0 Å². The van der Waals surface area contributed by atoms with E-state index in [0.29, 0.717) is 27.7 Å². The number of hydrogen-bond donors (Lipinski definition) is 2. The maximum Gasteiger partial charge on any atom is 0.417 e. The zero-order valence-electron chi connectivity index (χ0n) is 19.8. The second-order valence-corrected chi connectivity index (χ2v) is 11.1. The van der Waals surface area contributed by atoms with Gasteiger partial charge < -0.3 is 9.73 Å². The van der Waals surface area contributed by atoms with Gasteiger partial charge in [-0.05, 0) is 54.3 Å². The van der Waals surface area contributed by atoms with Gasteiger partial charge in [-0.2, -0.15) is 13.2 Å². The summed E-state index contributed by atoms with van der Waals surface area (Å²) in [5.41, 5.74) is 0.577. The molecule has 0 fully saturated rings. The maximum absolute atomic E-state index is 14.8. The van der Waals surface area contributed by atoms with E-state index >= 15 is 0 Å². The molecule has 1 heterocycles. The summed E-state index contributed by atoms with van der Waals surface area (Å²) in [6.45, 7) is 0. The van der Waals surface area contributed by atoms with Crippen LogP contribution in [0, 0.1) is 5.82 Å². The highest BCUT2D eigenvalue weighted by Gasteiger charge is 2.33. The number of amides is 1. The number of aryl methyl sites for hydroxylation is 1. The predicted molar refractivity (Wildman–Crippen MR) is 140 cm³/mol. The van der Waals surface area contributed by atoms with E-state index in [1.54, 1.807) is 18.2 Å². The molecule has 0 unspecified atom stereocenters. The number of benzene rings is 3. The Labute approximate surface area is 224 Å². The first-order valence-electron chi connectivity index (χ1n) is 11.3. The lowest BCUT2D eigenvalue weighted by molar-refractivity contribution is -0.138. The topological polar surface area (TPSA) is 88.4 Å². The van der Waals surface area contributed by atoms with E-state index in [4.69, 9.17) is 4.42 Å². The molecule has 0 saturated heterocycles. The zero-order chi connectivity index (χ0) is 27.7. The molecular formula is C26H21BrF4N2O4S. The van der Waals surface area contributed by atoms with Crippen molar-refractivity contribution in [3.8, 4) is 11.1 Å². The van der Waals surface area contributed by atoms with Crippen LogP contribution in [0.2, 0.25) is 0 Å². The third-order valence-corrected chi connectivity index (χ3v) is 7.88. The summed E-state index contributed by atoms with van der Waals surface area (Å²) < 4.78 is 87.5. The molecule has 0 aliphatic heterocycles. The Bertz CT molecular complexity index is 1620. The minimum Gasteiger partial charge on any atom is -0.463 e. The molecular weight excluding hydrogens is 592 g/mol. The van der Waals surface area contributed by atoms with Crippen molar-refractivity contribution in [2.75, 3.05) is 17.5 Å². The molecule has 0 atom stereocenters. The van der Waals surface area contributed by atoms with Crippen LogP contribution in [0.4, 0.5) is 23.2 Å². The fourth-order valence-corrected chi connectivity index (χ4v) is 5.61. The van der Waals surface area contributed by atoms with E-state index in [1.165, 1.54) is 37.6 Å². The number of sulfonamides is 1. The Morgan fingerprint density at radius 1 is 1.08 bits per heavy atom. The molecule has 0 radical (unpaired) electrons. The lowest BCUT2D eigenvalue weighted by Gasteiger charge is -2.14. The van der Waals surface area contributed by atoms with Crippen molar-refractivity contribution in [2.45, 2.75) is 19.0 Å². The Morgan fingerprint density at radius 3 is 2.55 bits per heavy atom. The number of carbonyl (C=O) groups is 1. The van der Waals surface area contributed by atoms with Gasteiger partial charge >= 0.3 is 6.18 Å². The SMILES string of the molecule is CNC(=O)c1coc2cc(-c3cccc(F)c3NS(=O)(=O)CCCc3ccc(Br)c(C(F)(F)F)c3)ccc12. The summed E-state index contributed by atoms with van der Waals surface area (Å²) in [6, 6.07) is 12.6. The molecule has 0 aliphatic rings. The molecule has 4 aromatic rings. The molecule has 0 bridgehead atoms. The predicted octanol–water partition coefficient (Wildman–Crippen LogP) is 6.75. The minimum atomic E-state index is -4.55. The summed E-state index contributed by atoms with van der Waals surface area (Å²) in [7, 11) is -2.57. The third-order valence-electron chi connectivity index (χ3n) is 5.84. The van der Waals surface area contributed by atoms with Crippen molar-refractivity contribution < 1.29 is 35.2 Å². The minimum absolute atomic E-state index is 0.0126. The first-order chi connectivity index (χ1) is 17.9. The van der Waals surface area contributed by atoms with Crippen LogP contribution in [0.15, 0.2) is 69.8 Å². The number of nitrogens with one attached hydrogen (secondary N) is 2. The Balaban J connectivity index is 1.54. The molecule has 38 heavy (non-hydrogen) atoms.